The lowest BCUT2D eigenvalue weighted by molar-refractivity contribution is -0.384. The number of nitro groups is 1. The van der Waals surface area contributed by atoms with E-state index in [2.05, 4.69) is 13.8 Å². The number of ether oxygens (including phenoxy) is 1. The quantitative estimate of drug-likeness (QED) is 0.482. The maximum Gasteiger partial charge on any atom is 0.341 e. The molecule has 1 aliphatic rings. The van der Waals surface area contributed by atoms with Crippen molar-refractivity contribution in [2.24, 2.45) is 5.41 Å². The van der Waals surface area contributed by atoms with Crippen LogP contribution in [0, 0.1) is 21.3 Å². The first kappa shape index (κ1) is 15.4. The standard InChI is InChI=1S/C15H18FNO4/c1-15(2)7-5-11(6-8-15)21-14(18)12-9-10(17(19)20)3-4-13(12)16/h3-4,9,11H,5-8H2,1-2H3. The van der Waals surface area contributed by atoms with E-state index in [1.54, 1.807) is 0 Å². The summed E-state index contributed by atoms with van der Waals surface area (Å²) in [6.45, 7) is 4.32. The van der Waals surface area contributed by atoms with Crippen LogP contribution in [-0.4, -0.2) is 17.0 Å². The molecule has 1 fully saturated rings. The molecule has 0 bridgehead atoms. The minimum Gasteiger partial charge on any atom is -0.459 e. The van der Waals surface area contributed by atoms with Gasteiger partial charge < -0.3 is 4.74 Å². The van der Waals surface area contributed by atoms with Crippen molar-refractivity contribution in [2.75, 3.05) is 0 Å². The van der Waals surface area contributed by atoms with E-state index in [0.717, 1.165) is 43.9 Å². The molecule has 2 rings (SSSR count). The zero-order chi connectivity index (χ0) is 15.6. The molecular weight excluding hydrogens is 277 g/mol. The third kappa shape index (κ3) is 3.77. The Kier molecular flexibility index (Phi) is 4.25. The van der Waals surface area contributed by atoms with Crippen molar-refractivity contribution in [3.63, 3.8) is 0 Å². The van der Waals surface area contributed by atoms with Gasteiger partial charge in [0.25, 0.3) is 5.69 Å². The Hall–Kier alpha value is -1.98. The Bertz CT molecular complexity index is 561. The van der Waals surface area contributed by atoms with E-state index in [0.29, 0.717) is 0 Å². The van der Waals surface area contributed by atoms with Gasteiger partial charge >= 0.3 is 5.97 Å². The summed E-state index contributed by atoms with van der Waals surface area (Å²) in [6, 6.07) is 2.86. The highest BCUT2D eigenvalue weighted by Crippen LogP contribution is 2.36. The van der Waals surface area contributed by atoms with E-state index in [-0.39, 0.29) is 22.8 Å². The van der Waals surface area contributed by atoms with Gasteiger partial charge in [-0.05, 0) is 37.2 Å². The lowest BCUT2D eigenvalue weighted by atomic mass is 9.76. The predicted octanol–water partition coefficient (Wildman–Crippen LogP) is 3.86. The normalized spacial score (nSPS) is 18.2. The summed E-state index contributed by atoms with van der Waals surface area (Å²) in [5.41, 5.74) is -0.471. The molecule has 0 spiro atoms. The highest BCUT2D eigenvalue weighted by atomic mass is 19.1. The van der Waals surface area contributed by atoms with Crippen molar-refractivity contribution in [1.82, 2.24) is 0 Å². The summed E-state index contributed by atoms with van der Waals surface area (Å²) in [7, 11) is 0. The van der Waals surface area contributed by atoms with Crippen LogP contribution >= 0.6 is 0 Å². The van der Waals surface area contributed by atoms with Crippen LogP contribution in [0.5, 0.6) is 0 Å². The van der Waals surface area contributed by atoms with Crippen LogP contribution in [0.2, 0.25) is 0 Å². The second kappa shape index (κ2) is 5.79. The lowest BCUT2D eigenvalue weighted by Crippen LogP contribution is -2.28. The maximum absolute atomic E-state index is 13.6. The van der Waals surface area contributed by atoms with Crippen molar-refractivity contribution < 1.29 is 18.8 Å². The molecule has 0 radical (unpaired) electrons. The molecular formula is C15H18FNO4. The molecule has 0 heterocycles. The lowest BCUT2D eigenvalue weighted by Gasteiger charge is -2.33. The molecule has 1 saturated carbocycles. The smallest absolute Gasteiger partial charge is 0.341 e. The van der Waals surface area contributed by atoms with E-state index in [1.165, 1.54) is 0 Å². The fourth-order valence-electron chi connectivity index (χ4n) is 2.49. The van der Waals surface area contributed by atoms with Gasteiger partial charge in [-0.25, -0.2) is 9.18 Å². The van der Waals surface area contributed by atoms with Gasteiger partial charge in [0.05, 0.1) is 4.92 Å². The Morgan fingerprint density at radius 3 is 2.57 bits per heavy atom. The molecule has 0 aliphatic heterocycles. The zero-order valence-electron chi connectivity index (χ0n) is 12.1. The topological polar surface area (TPSA) is 69.4 Å². The van der Waals surface area contributed by atoms with E-state index >= 15 is 0 Å². The van der Waals surface area contributed by atoms with E-state index < -0.39 is 16.7 Å². The van der Waals surface area contributed by atoms with Crippen molar-refractivity contribution >= 4 is 11.7 Å². The minimum atomic E-state index is -0.832. The van der Waals surface area contributed by atoms with Gasteiger partial charge in [-0.3, -0.25) is 10.1 Å². The van der Waals surface area contributed by atoms with Gasteiger partial charge in [0.15, 0.2) is 0 Å². The zero-order valence-corrected chi connectivity index (χ0v) is 12.1. The van der Waals surface area contributed by atoms with Crippen LogP contribution < -0.4 is 0 Å². The second-order valence-electron chi connectivity index (χ2n) is 6.19. The molecule has 0 atom stereocenters. The van der Waals surface area contributed by atoms with E-state index in [9.17, 15) is 19.3 Å². The summed E-state index contributed by atoms with van der Waals surface area (Å²) in [5.74, 6) is -1.64. The van der Waals surface area contributed by atoms with Gasteiger partial charge in [0.1, 0.15) is 17.5 Å². The summed E-state index contributed by atoms with van der Waals surface area (Å²) >= 11 is 0. The first-order valence-corrected chi connectivity index (χ1v) is 6.93. The maximum atomic E-state index is 13.6. The van der Waals surface area contributed by atoms with Gasteiger partial charge in [-0.15, -0.1) is 0 Å². The Morgan fingerprint density at radius 1 is 1.38 bits per heavy atom. The summed E-state index contributed by atoms with van der Waals surface area (Å²) in [6.07, 6.45) is 3.08. The number of non-ortho nitro benzene ring substituents is 1. The van der Waals surface area contributed by atoms with Gasteiger partial charge in [-0.1, -0.05) is 13.8 Å². The van der Waals surface area contributed by atoms with Crippen molar-refractivity contribution in [3.8, 4) is 0 Å². The molecule has 6 heteroatoms. The first-order valence-electron chi connectivity index (χ1n) is 6.93. The van der Waals surface area contributed by atoms with Crippen molar-refractivity contribution in [3.05, 3.63) is 39.7 Å². The molecule has 5 nitrogen and oxygen atoms in total. The number of benzene rings is 1. The molecule has 0 amide bonds. The molecule has 1 aromatic rings. The van der Waals surface area contributed by atoms with Gasteiger partial charge in [0, 0.05) is 12.1 Å². The van der Waals surface area contributed by atoms with Gasteiger partial charge in [-0.2, -0.15) is 0 Å². The molecule has 21 heavy (non-hydrogen) atoms. The van der Waals surface area contributed by atoms with Crippen LogP contribution in [0.15, 0.2) is 18.2 Å². The molecule has 114 valence electrons. The van der Waals surface area contributed by atoms with Crippen molar-refractivity contribution in [2.45, 2.75) is 45.6 Å². The number of nitro benzene ring substituents is 1. The van der Waals surface area contributed by atoms with Gasteiger partial charge in [0.2, 0.25) is 0 Å². The molecule has 1 aliphatic carbocycles. The highest BCUT2D eigenvalue weighted by Gasteiger charge is 2.30. The fourth-order valence-corrected chi connectivity index (χ4v) is 2.49. The third-order valence-corrected chi connectivity index (χ3v) is 3.94. The number of halogens is 1. The Balaban J connectivity index is 2.07. The van der Waals surface area contributed by atoms with Crippen LogP contribution in [0.4, 0.5) is 10.1 Å². The average Bonchev–Trinajstić information content (AvgIpc) is 2.41. The molecule has 0 saturated heterocycles. The number of carbonyl (C=O) groups excluding carboxylic acids is 1. The number of nitrogens with zero attached hydrogens (tertiary/aromatic N) is 1. The van der Waals surface area contributed by atoms with E-state index in [4.69, 9.17) is 4.74 Å². The van der Waals surface area contributed by atoms with Crippen LogP contribution in [0.3, 0.4) is 0 Å². The predicted molar refractivity (Wildman–Crippen MR) is 74.5 cm³/mol. The fraction of sp³-hybridized carbons (Fsp3) is 0.533. The highest BCUT2D eigenvalue weighted by molar-refractivity contribution is 5.90. The number of carbonyl (C=O) groups is 1. The number of esters is 1. The summed E-state index contributed by atoms with van der Waals surface area (Å²) < 4.78 is 18.9. The number of hydrogen-bond acceptors (Lipinski definition) is 4. The Morgan fingerprint density at radius 2 is 2.00 bits per heavy atom. The number of hydrogen-bond donors (Lipinski definition) is 0. The summed E-state index contributed by atoms with van der Waals surface area (Å²) in [4.78, 5) is 22.0. The molecule has 0 N–H and O–H groups in total. The molecule has 1 aromatic carbocycles. The summed E-state index contributed by atoms with van der Waals surface area (Å²) in [5, 5.41) is 10.7. The first-order chi connectivity index (χ1) is 9.78. The minimum absolute atomic E-state index is 0.236. The Labute approximate surface area is 122 Å². The van der Waals surface area contributed by atoms with Crippen LogP contribution in [-0.2, 0) is 4.74 Å². The van der Waals surface area contributed by atoms with E-state index in [1.807, 2.05) is 0 Å². The third-order valence-electron chi connectivity index (χ3n) is 3.94. The monoisotopic (exact) mass is 295 g/mol. The molecule has 0 aromatic heterocycles. The SMILES string of the molecule is CC1(C)CCC(OC(=O)c2cc([N+](=O)[O-])ccc2F)CC1. The number of rotatable bonds is 3. The van der Waals surface area contributed by atoms with Crippen LogP contribution in [0.1, 0.15) is 49.9 Å². The van der Waals surface area contributed by atoms with Crippen molar-refractivity contribution in [1.29, 1.82) is 0 Å². The largest absolute Gasteiger partial charge is 0.459 e. The average molecular weight is 295 g/mol. The molecule has 0 unspecified atom stereocenters. The van der Waals surface area contributed by atoms with Crippen LogP contribution in [0.25, 0.3) is 0 Å². The second-order valence-corrected chi connectivity index (χ2v) is 6.19.